The van der Waals surface area contributed by atoms with E-state index in [2.05, 4.69) is 236 Å². The number of aryl methyl sites for hydroxylation is 3. The lowest BCUT2D eigenvalue weighted by molar-refractivity contribution is 1.03. The Morgan fingerprint density at radius 3 is 1.40 bits per heavy atom. The molecule has 2 heterocycles. The highest BCUT2D eigenvalue weighted by molar-refractivity contribution is 7.00. The first kappa shape index (κ1) is 36.3. The van der Waals surface area contributed by atoms with Gasteiger partial charge in [-0.1, -0.05) is 132 Å². The van der Waals surface area contributed by atoms with E-state index in [9.17, 15) is 0 Å². The van der Waals surface area contributed by atoms with E-state index in [1.54, 1.807) is 0 Å². The predicted molar refractivity (Wildman–Crippen MR) is 263 cm³/mol. The van der Waals surface area contributed by atoms with Gasteiger partial charge in [-0.3, -0.25) is 0 Å². The molecule has 0 saturated heterocycles. The Balaban J connectivity index is 1.07. The number of benzene rings is 9. The van der Waals surface area contributed by atoms with Gasteiger partial charge < -0.3 is 14.7 Å². The van der Waals surface area contributed by atoms with Gasteiger partial charge in [-0.25, -0.2) is 0 Å². The van der Waals surface area contributed by atoms with Crippen molar-refractivity contribution >= 4 is 74.3 Å². The Kier molecular flexibility index (Phi) is 8.37. The van der Waals surface area contributed by atoms with E-state index in [1.165, 1.54) is 94.9 Å². The fourth-order valence-corrected chi connectivity index (χ4v) is 10.2. The van der Waals surface area contributed by atoms with Crippen molar-refractivity contribution in [3.63, 3.8) is 0 Å². The summed E-state index contributed by atoms with van der Waals surface area (Å²) in [6.07, 6.45) is 1.03. The van der Waals surface area contributed by atoms with Crippen molar-refractivity contribution in [1.82, 2.24) is 0 Å². The summed E-state index contributed by atoms with van der Waals surface area (Å²) >= 11 is 0. The molecule has 62 heavy (non-hydrogen) atoms. The Labute approximate surface area is 364 Å². The van der Waals surface area contributed by atoms with Crippen LogP contribution in [0.25, 0.3) is 22.3 Å². The maximum absolute atomic E-state index is 2.53. The number of nitrogens with zero attached hydrogens (tertiary/aromatic N) is 3. The summed E-state index contributed by atoms with van der Waals surface area (Å²) in [6, 6.07) is 74.1. The number of fused-ring (bicyclic) bond motifs is 2. The van der Waals surface area contributed by atoms with Crippen LogP contribution in [-0.2, 0) is 6.42 Å². The normalized spacial score (nSPS) is 12.9. The SMILES string of the molecule is Cc1ccc(N2c3cc(N(c4ccc(-c5ccccc5)cc4)c4ccc(-c5ccccc5)cc4)ccc3B3c4c2cccc4N(c2ccc(C)cc2)c2cc4c(C)c(c23)C4)cc1. The van der Waals surface area contributed by atoms with E-state index in [4.69, 9.17) is 0 Å². The third-order valence-electron chi connectivity index (χ3n) is 13.4. The van der Waals surface area contributed by atoms with Crippen molar-refractivity contribution in [2.45, 2.75) is 27.2 Å². The highest BCUT2D eigenvalue weighted by atomic mass is 15.2. The fourth-order valence-electron chi connectivity index (χ4n) is 10.2. The molecule has 2 aliphatic heterocycles. The molecule has 0 fully saturated rings. The Morgan fingerprint density at radius 1 is 0.403 bits per heavy atom. The topological polar surface area (TPSA) is 9.72 Å². The molecule has 0 spiro atoms. The average Bonchev–Trinajstić information content (AvgIpc) is 3.33. The van der Waals surface area contributed by atoms with E-state index < -0.39 is 0 Å². The van der Waals surface area contributed by atoms with Gasteiger partial charge in [0.25, 0.3) is 6.71 Å². The van der Waals surface area contributed by atoms with Crippen LogP contribution in [0.4, 0.5) is 51.2 Å². The molecule has 2 aliphatic carbocycles. The molecule has 0 atom stereocenters. The molecule has 294 valence electrons. The summed E-state index contributed by atoms with van der Waals surface area (Å²) in [7, 11) is 0. The second kappa shape index (κ2) is 14.3. The van der Waals surface area contributed by atoms with Crippen LogP contribution in [0.3, 0.4) is 0 Å². The number of anilines is 9. The summed E-state index contributed by atoms with van der Waals surface area (Å²) in [6.45, 7) is 6.74. The monoisotopic (exact) mass is 793 g/mol. The van der Waals surface area contributed by atoms with Crippen LogP contribution >= 0.6 is 0 Å². The van der Waals surface area contributed by atoms with Gasteiger partial charge in [0.05, 0.1) is 0 Å². The number of rotatable bonds is 7. The van der Waals surface area contributed by atoms with Crippen molar-refractivity contribution in [3.8, 4) is 22.3 Å². The summed E-state index contributed by atoms with van der Waals surface area (Å²) in [5.74, 6) is 0. The molecule has 13 rings (SSSR count). The van der Waals surface area contributed by atoms with Crippen LogP contribution in [-0.4, -0.2) is 6.71 Å². The van der Waals surface area contributed by atoms with Crippen LogP contribution in [0.1, 0.15) is 27.8 Å². The molecule has 0 saturated carbocycles. The smallest absolute Gasteiger partial charge is 0.252 e. The van der Waals surface area contributed by atoms with Gasteiger partial charge >= 0.3 is 0 Å². The lowest BCUT2D eigenvalue weighted by Gasteiger charge is -2.46. The summed E-state index contributed by atoms with van der Waals surface area (Å²) in [5.41, 5.74) is 26.5. The quantitative estimate of drug-likeness (QED) is 0.149. The molecule has 0 N–H and O–H groups in total. The Hall–Kier alpha value is -7.56. The van der Waals surface area contributed by atoms with E-state index in [-0.39, 0.29) is 6.71 Å². The molecule has 0 radical (unpaired) electrons. The minimum atomic E-state index is 0.0791. The molecular weight excluding hydrogens is 749 g/mol. The van der Waals surface area contributed by atoms with Crippen molar-refractivity contribution in [1.29, 1.82) is 0 Å². The molecule has 4 heteroatoms. The van der Waals surface area contributed by atoms with E-state index in [1.807, 2.05) is 0 Å². The second-order valence-electron chi connectivity index (χ2n) is 17.1. The zero-order valence-electron chi connectivity index (χ0n) is 35.2. The number of hydrogen-bond donors (Lipinski definition) is 0. The highest BCUT2D eigenvalue weighted by Crippen LogP contribution is 2.48. The molecule has 0 unspecified atom stereocenters. The average molecular weight is 794 g/mol. The second-order valence-corrected chi connectivity index (χ2v) is 17.1. The minimum Gasteiger partial charge on any atom is -0.311 e. The predicted octanol–water partition coefficient (Wildman–Crippen LogP) is 13.4. The van der Waals surface area contributed by atoms with E-state index in [0.717, 1.165) is 29.2 Å². The molecule has 3 nitrogen and oxygen atoms in total. The van der Waals surface area contributed by atoms with Crippen molar-refractivity contribution in [3.05, 3.63) is 228 Å². The van der Waals surface area contributed by atoms with Gasteiger partial charge in [0.1, 0.15) is 0 Å². The first-order valence-electron chi connectivity index (χ1n) is 21.8. The standard InChI is InChI=1S/C58H44BN3/c1-38-17-25-48(26-18-38)61-53-15-10-16-54-58(53)59(57-51-35-45(40(51)3)36-56(57)62(54)49-27-19-39(2)20-28-49)52-34-33-50(37-55(52)61)60(46-29-21-43(22-30-46)41-11-6-4-7-12-41)47-31-23-44(24-32-47)42-13-8-5-9-14-42/h4-34,36-37H,35H2,1-3H3. The zero-order valence-corrected chi connectivity index (χ0v) is 35.2. The van der Waals surface area contributed by atoms with Gasteiger partial charge in [-0.05, 0) is 161 Å². The van der Waals surface area contributed by atoms with Crippen LogP contribution in [0, 0.1) is 20.8 Å². The Bertz CT molecular complexity index is 3080. The molecule has 0 aromatic heterocycles. The van der Waals surface area contributed by atoms with Gasteiger partial charge in [0.15, 0.2) is 0 Å². The van der Waals surface area contributed by atoms with Gasteiger partial charge in [-0.2, -0.15) is 0 Å². The minimum absolute atomic E-state index is 0.0791. The maximum atomic E-state index is 2.53. The van der Waals surface area contributed by atoms with E-state index in [0.29, 0.717) is 0 Å². The summed E-state index contributed by atoms with van der Waals surface area (Å²) in [4.78, 5) is 7.47. The molecule has 4 aliphatic rings. The molecule has 9 aromatic rings. The summed E-state index contributed by atoms with van der Waals surface area (Å²) in [5, 5.41) is 0. The highest BCUT2D eigenvalue weighted by Gasteiger charge is 2.46. The van der Waals surface area contributed by atoms with Crippen molar-refractivity contribution < 1.29 is 0 Å². The lowest BCUT2D eigenvalue weighted by atomic mass is 9.32. The Morgan fingerprint density at radius 2 is 0.887 bits per heavy atom. The van der Waals surface area contributed by atoms with E-state index >= 15 is 0 Å². The van der Waals surface area contributed by atoms with Crippen LogP contribution in [0.5, 0.6) is 0 Å². The fraction of sp³-hybridized carbons (Fsp3) is 0.0690. The largest absolute Gasteiger partial charge is 0.311 e. The molecule has 2 bridgehead atoms. The lowest BCUT2D eigenvalue weighted by Crippen LogP contribution is -2.63. The maximum Gasteiger partial charge on any atom is 0.252 e. The first-order valence-corrected chi connectivity index (χ1v) is 21.8. The zero-order chi connectivity index (χ0) is 41.5. The number of hydrogen-bond acceptors (Lipinski definition) is 3. The first-order chi connectivity index (χ1) is 30.5. The third-order valence-corrected chi connectivity index (χ3v) is 13.4. The van der Waals surface area contributed by atoms with Crippen LogP contribution in [0.2, 0.25) is 0 Å². The van der Waals surface area contributed by atoms with Crippen LogP contribution < -0.4 is 31.1 Å². The molecular formula is C58H44BN3. The molecule has 9 aromatic carbocycles. The van der Waals surface area contributed by atoms with Gasteiger partial charge in [-0.15, -0.1) is 0 Å². The summed E-state index contributed by atoms with van der Waals surface area (Å²) < 4.78 is 0. The van der Waals surface area contributed by atoms with Crippen molar-refractivity contribution in [2.75, 3.05) is 14.7 Å². The van der Waals surface area contributed by atoms with Gasteiger partial charge in [0, 0.05) is 51.2 Å². The van der Waals surface area contributed by atoms with Gasteiger partial charge in [0.2, 0.25) is 0 Å². The van der Waals surface area contributed by atoms with Crippen LogP contribution in [0.15, 0.2) is 200 Å². The molecule has 0 amide bonds. The third kappa shape index (κ3) is 5.74. The van der Waals surface area contributed by atoms with Crippen molar-refractivity contribution in [2.24, 2.45) is 0 Å².